The molecule has 1 rings (SSSR count). The van der Waals surface area contributed by atoms with Crippen LogP contribution in [0.4, 0.5) is 0 Å². The highest BCUT2D eigenvalue weighted by Crippen LogP contribution is 2.04. The molecule has 0 radical (unpaired) electrons. The maximum Gasteiger partial charge on any atom is 0.236 e. The van der Waals surface area contributed by atoms with Crippen LogP contribution < -0.4 is 5.73 Å². The van der Waals surface area contributed by atoms with Gasteiger partial charge in [-0.1, -0.05) is 0 Å². The van der Waals surface area contributed by atoms with E-state index in [2.05, 4.69) is 4.90 Å². The Hall–Kier alpha value is -1.14. The molecule has 0 aromatic carbocycles. The van der Waals surface area contributed by atoms with Crippen molar-refractivity contribution in [2.24, 2.45) is 5.73 Å². The smallest absolute Gasteiger partial charge is 0.236 e. The van der Waals surface area contributed by atoms with Crippen molar-refractivity contribution >= 4 is 11.8 Å². The third kappa shape index (κ3) is 5.57. The fraction of sp³-hybridized carbons (Fsp3) is 0.846. The van der Waals surface area contributed by atoms with Crippen molar-refractivity contribution in [2.75, 3.05) is 53.4 Å². The lowest BCUT2D eigenvalue weighted by atomic mass is 10.3. The molecule has 0 aliphatic carbocycles. The van der Waals surface area contributed by atoms with Gasteiger partial charge in [-0.05, 0) is 19.4 Å². The minimum atomic E-state index is 0.124. The largest absolute Gasteiger partial charge is 0.346 e. The summed E-state index contributed by atoms with van der Waals surface area (Å²) >= 11 is 0. The predicted molar refractivity (Wildman–Crippen MR) is 74.6 cm³/mol. The molecule has 0 bridgehead atoms. The van der Waals surface area contributed by atoms with Crippen molar-refractivity contribution in [1.82, 2.24) is 14.7 Å². The van der Waals surface area contributed by atoms with E-state index in [0.29, 0.717) is 32.6 Å². The Kier molecular flexibility index (Phi) is 6.80. The maximum atomic E-state index is 11.9. The molecular weight excluding hydrogens is 244 g/mol. The van der Waals surface area contributed by atoms with E-state index >= 15 is 0 Å². The molecule has 6 heteroatoms. The number of carbonyl (C=O) groups excluding carboxylic acids is 2. The molecule has 0 aromatic rings. The van der Waals surface area contributed by atoms with Gasteiger partial charge in [-0.2, -0.15) is 0 Å². The average molecular weight is 270 g/mol. The summed E-state index contributed by atoms with van der Waals surface area (Å²) in [5.74, 6) is 0.264. The van der Waals surface area contributed by atoms with Crippen LogP contribution in [0.15, 0.2) is 0 Å². The van der Waals surface area contributed by atoms with Crippen LogP contribution in [-0.2, 0) is 9.59 Å². The summed E-state index contributed by atoms with van der Waals surface area (Å²) in [6, 6.07) is 0. The van der Waals surface area contributed by atoms with Gasteiger partial charge in [-0.25, -0.2) is 0 Å². The number of hydrogen-bond donors (Lipinski definition) is 1. The molecule has 0 spiro atoms. The first-order chi connectivity index (χ1) is 9.04. The molecule has 1 fully saturated rings. The normalized spacial score (nSPS) is 17.4. The Morgan fingerprint density at radius 1 is 1.42 bits per heavy atom. The molecule has 0 unspecified atom stereocenters. The Morgan fingerprint density at radius 2 is 2.16 bits per heavy atom. The molecule has 110 valence electrons. The van der Waals surface area contributed by atoms with Crippen molar-refractivity contribution in [1.29, 1.82) is 0 Å². The summed E-state index contributed by atoms with van der Waals surface area (Å²) in [7, 11) is 3.64. The quantitative estimate of drug-likeness (QED) is 0.696. The topological polar surface area (TPSA) is 69.9 Å². The van der Waals surface area contributed by atoms with Crippen molar-refractivity contribution in [3.05, 3.63) is 0 Å². The monoisotopic (exact) mass is 270 g/mol. The van der Waals surface area contributed by atoms with Gasteiger partial charge in [0.05, 0.1) is 6.54 Å². The van der Waals surface area contributed by atoms with E-state index in [0.717, 1.165) is 25.9 Å². The van der Waals surface area contributed by atoms with Crippen LogP contribution in [0.2, 0.25) is 0 Å². The molecule has 1 aliphatic heterocycles. The van der Waals surface area contributed by atoms with Gasteiger partial charge in [0.25, 0.3) is 0 Å². The van der Waals surface area contributed by atoms with Crippen molar-refractivity contribution in [3.63, 3.8) is 0 Å². The number of amides is 2. The number of nitrogens with two attached hydrogens (primary N) is 1. The van der Waals surface area contributed by atoms with Crippen LogP contribution in [0.3, 0.4) is 0 Å². The van der Waals surface area contributed by atoms with E-state index in [-0.39, 0.29) is 11.8 Å². The molecule has 1 heterocycles. The molecule has 1 aliphatic rings. The number of hydrogen-bond acceptors (Lipinski definition) is 4. The minimum absolute atomic E-state index is 0.124. The van der Waals surface area contributed by atoms with E-state index in [1.54, 1.807) is 16.8 Å². The highest BCUT2D eigenvalue weighted by molar-refractivity contribution is 5.78. The zero-order valence-electron chi connectivity index (χ0n) is 12.1. The van der Waals surface area contributed by atoms with Gasteiger partial charge >= 0.3 is 0 Å². The molecule has 2 N–H and O–H groups in total. The van der Waals surface area contributed by atoms with Crippen molar-refractivity contribution < 1.29 is 9.59 Å². The molecular formula is C13H26N4O2. The first kappa shape index (κ1) is 15.9. The van der Waals surface area contributed by atoms with Gasteiger partial charge in [0.1, 0.15) is 0 Å². The average Bonchev–Trinajstić information content (AvgIpc) is 2.55. The number of nitrogens with zero attached hydrogens (tertiary/aromatic N) is 3. The second-order valence-corrected chi connectivity index (χ2v) is 5.15. The summed E-state index contributed by atoms with van der Waals surface area (Å²) in [4.78, 5) is 29.2. The third-order valence-electron chi connectivity index (χ3n) is 3.52. The molecule has 19 heavy (non-hydrogen) atoms. The molecule has 0 aromatic heterocycles. The zero-order valence-corrected chi connectivity index (χ0v) is 12.1. The van der Waals surface area contributed by atoms with E-state index in [1.807, 2.05) is 7.05 Å². The van der Waals surface area contributed by atoms with Gasteiger partial charge in [0.15, 0.2) is 0 Å². The van der Waals surface area contributed by atoms with Crippen LogP contribution in [0, 0.1) is 0 Å². The number of likely N-dealkylation sites (N-methyl/N-ethyl adjacent to an activating group) is 1. The van der Waals surface area contributed by atoms with Crippen molar-refractivity contribution in [3.8, 4) is 0 Å². The summed E-state index contributed by atoms with van der Waals surface area (Å²) in [5, 5.41) is 0. The van der Waals surface area contributed by atoms with Gasteiger partial charge in [-0.15, -0.1) is 0 Å². The highest BCUT2D eigenvalue weighted by atomic mass is 16.2. The zero-order chi connectivity index (χ0) is 14.3. The van der Waals surface area contributed by atoms with E-state index in [9.17, 15) is 9.59 Å². The fourth-order valence-electron chi connectivity index (χ4n) is 2.14. The van der Waals surface area contributed by atoms with Gasteiger partial charge in [0, 0.05) is 46.7 Å². The number of rotatable bonds is 6. The number of carbonyl (C=O) groups is 2. The van der Waals surface area contributed by atoms with E-state index in [1.165, 1.54) is 0 Å². The Morgan fingerprint density at radius 3 is 2.84 bits per heavy atom. The van der Waals surface area contributed by atoms with Crippen LogP contribution in [0.25, 0.3) is 0 Å². The Balaban J connectivity index is 2.31. The highest BCUT2D eigenvalue weighted by Gasteiger charge is 2.19. The lowest BCUT2D eigenvalue weighted by Gasteiger charge is -2.21. The van der Waals surface area contributed by atoms with Crippen LogP contribution in [0.5, 0.6) is 0 Å². The second kappa shape index (κ2) is 8.12. The molecule has 2 amide bonds. The van der Waals surface area contributed by atoms with Crippen LogP contribution in [0.1, 0.15) is 19.3 Å². The van der Waals surface area contributed by atoms with Gasteiger partial charge in [0.2, 0.25) is 11.8 Å². The van der Waals surface area contributed by atoms with Crippen LogP contribution >= 0.6 is 0 Å². The predicted octanol–water partition coefficient (Wildman–Crippen LogP) is -0.652. The summed E-state index contributed by atoms with van der Waals surface area (Å²) in [6.45, 7) is 4.08. The molecule has 0 atom stereocenters. The van der Waals surface area contributed by atoms with Crippen LogP contribution in [-0.4, -0.2) is 79.9 Å². The van der Waals surface area contributed by atoms with Gasteiger partial charge < -0.3 is 15.5 Å². The van der Waals surface area contributed by atoms with E-state index in [4.69, 9.17) is 5.73 Å². The lowest BCUT2D eigenvalue weighted by molar-refractivity contribution is -0.132. The fourth-order valence-corrected chi connectivity index (χ4v) is 2.14. The first-order valence-electron chi connectivity index (χ1n) is 6.95. The minimum Gasteiger partial charge on any atom is -0.346 e. The summed E-state index contributed by atoms with van der Waals surface area (Å²) in [6.07, 6.45) is 2.27. The first-order valence-corrected chi connectivity index (χ1v) is 6.95. The van der Waals surface area contributed by atoms with Crippen molar-refractivity contribution in [2.45, 2.75) is 19.3 Å². The summed E-state index contributed by atoms with van der Waals surface area (Å²) < 4.78 is 0. The second-order valence-electron chi connectivity index (χ2n) is 5.15. The summed E-state index contributed by atoms with van der Waals surface area (Å²) in [5.41, 5.74) is 5.43. The van der Waals surface area contributed by atoms with Gasteiger partial charge in [-0.3, -0.25) is 14.5 Å². The molecule has 0 saturated carbocycles. The maximum absolute atomic E-state index is 11.9. The lowest BCUT2D eigenvalue weighted by Crippen LogP contribution is -2.37. The molecule has 1 saturated heterocycles. The standard InChI is InChI=1S/C13H26N4O2/c1-15(7-3-6-14)12(18)5-10-17-9-4-8-16(2)13(19)11-17/h3-11,14H2,1-2H3. The third-order valence-corrected chi connectivity index (χ3v) is 3.52. The SMILES string of the molecule is CN(CCCN)C(=O)CCN1CCCN(C)C(=O)C1. The molecule has 6 nitrogen and oxygen atoms in total. The Bertz CT molecular complexity index is 309. The Labute approximate surface area is 115 Å². The van der Waals surface area contributed by atoms with E-state index < -0.39 is 0 Å².